The predicted molar refractivity (Wildman–Crippen MR) is 146 cm³/mol. The standard InChI is InChI=1S/C29H29N5O3/c1-36-26-4-2-3-21(19-26)20-28(35)31-23-7-5-22(6-8-23)27-13-14-30-29(33-27)32-24-9-11-25(12-10-24)34-15-17-37-18-16-34/h2-14,19H,15-18,20H2,1H3,(H,31,35)(H,30,32,33). The lowest BCUT2D eigenvalue weighted by atomic mass is 10.1. The van der Waals surface area contributed by atoms with Crippen LogP contribution in [0.4, 0.5) is 23.0 Å². The molecule has 0 aliphatic carbocycles. The van der Waals surface area contributed by atoms with E-state index < -0.39 is 0 Å². The Labute approximate surface area is 216 Å². The second-order valence-corrected chi connectivity index (χ2v) is 8.69. The van der Waals surface area contributed by atoms with Gasteiger partial charge in [-0.2, -0.15) is 0 Å². The molecule has 0 unspecified atom stereocenters. The first-order valence-electron chi connectivity index (χ1n) is 12.2. The van der Waals surface area contributed by atoms with Crippen molar-refractivity contribution >= 4 is 28.9 Å². The van der Waals surface area contributed by atoms with E-state index in [4.69, 9.17) is 9.47 Å². The summed E-state index contributed by atoms with van der Waals surface area (Å²) < 4.78 is 10.7. The highest BCUT2D eigenvalue weighted by Crippen LogP contribution is 2.24. The van der Waals surface area contributed by atoms with E-state index in [9.17, 15) is 4.79 Å². The number of hydrogen-bond acceptors (Lipinski definition) is 7. The highest BCUT2D eigenvalue weighted by molar-refractivity contribution is 5.92. The average Bonchev–Trinajstić information content (AvgIpc) is 2.94. The molecule has 0 spiro atoms. The highest BCUT2D eigenvalue weighted by Gasteiger charge is 2.11. The lowest BCUT2D eigenvalue weighted by Gasteiger charge is -2.28. The second-order valence-electron chi connectivity index (χ2n) is 8.69. The summed E-state index contributed by atoms with van der Waals surface area (Å²) in [6, 6.07) is 25.2. The predicted octanol–water partition coefficient (Wildman–Crippen LogP) is 4.91. The lowest BCUT2D eigenvalue weighted by Crippen LogP contribution is -2.36. The molecule has 2 heterocycles. The molecule has 1 amide bonds. The van der Waals surface area contributed by atoms with Crippen molar-refractivity contribution in [1.82, 2.24) is 9.97 Å². The van der Waals surface area contributed by atoms with Crippen molar-refractivity contribution in [2.75, 3.05) is 48.9 Å². The summed E-state index contributed by atoms with van der Waals surface area (Å²) in [7, 11) is 1.61. The number of amides is 1. The molecule has 1 aliphatic heterocycles. The Morgan fingerprint density at radius 2 is 1.73 bits per heavy atom. The molecule has 0 saturated carbocycles. The van der Waals surface area contributed by atoms with Crippen LogP contribution in [0.5, 0.6) is 5.75 Å². The molecule has 8 nitrogen and oxygen atoms in total. The number of aromatic nitrogens is 2. The van der Waals surface area contributed by atoms with Crippen LogP contribution in [-0.2, 0) is 16.0 Å². The topological polar surface area (TPSA) is 88.6 Å². The Balaban J connectivity index is 1.20. The van der Waals surface area contributed by atoms with Crippen molar-refractivity contribution < 1.29 is 14.3 Å². The van der Waals surface area contributed by atoms with Gasteiger partial charge in [-0.1, -0.05) is 24.3 Å². The molecule has 5 rings (SSSR count). The zero-order valence-electron chi connectivity index (χ0n) is 20.7. The number of nitrogens with zero attached hydrogens (tertiary/aromatic N) is 3. The molecular formula is C29H29N5O3. The SMILES string of the molecule is COc1cccc(CC(=O)Nc2ccc(-c3ccnc(Nc4ccc(N5CCOCC5)cc4)n3)cc2)c1. The Bertz CT molecular complexity index is 1340. The van der Waals surface area contributed by atoms with Crippen LogP contribution in [0.25, 0.3) is 11.3 Å². The van der Waals surface area contributed by atoms with Crippen LogP contribution in [0, 0.1) is 0 Å². The van der Waals surface area contributed by atoms with Crippen LogP contribution in [0.1, 0.15) is 5.56 Å². The fraction of sp³-hybridized carbons (Fsp3) is 0.207. The van der Waals surface area contributed by atoms with Crippen molar-refractivity contribution in [2.24, 2.45) is 0 Å². The zero-order valence-corrected chi connectivity index (χ0v) is 20.7. The minimum Gasteiger partial charge on any atom is -0.497 e. The fourth-order valence-electron chi connectivity index (χ4n) is 4.18. The smallest absolute Gasteiger partial charge is 0.228 e. The number of nitrogens with one attached hydrogen (secondary N) is 2. The Kier molecular flexibility index (Phi) is 7.57. The van der Waals surface area contributed by atoms with Crippen molar-refractivity contribution in [1.29, 1.82) is 0 Å². The molecule has 1 aromatic heterocycles. The van der Waals surface area contributed by atoms with Crippen LogP contribution >= 0.6 is 0 Å². The zero-order chi connectivity index (χ0) is 25.5. The molecular weight excluding hydrogens is 466 g/mol. The number of carbonyl (C=O) groups excluding carboxylic acids is 1. The molecule has 37 heavy (non-hydrogen) atoms. The number of benzene rings is 3. The van der Waals surface area contributed by atoms with Crippen LogP contribution in [0.3, 0.4) is 0 Å². The third-order valence-corrected chi connectivity index (χ3v) is 6.12. The summed E-state index contributed by atoms with van der Waals surface area (Å²) in [4.78, 5) is 23.8. The van der Waals surface area contributed by atoms with E-state index in [-0.39, 0.29) is 12.3 Å². The van der Waals surface area contributed by atoms with Crippen LogP contribution in [-0.4, -0.2) is 49.3 Å². The molecule has 8 heteroatoms. The van der Waals surface area contributed by atoms with Crippen molar-refractivity contribution in [3.8, 4) is 17.0 Å². The molecule has 1 aliphatic rings. The maximum absolute atomic E-state index is 12.5. The minimum atomic E-state index is -0.0887. The minimum absolute atomic E-state index is 0.0887. The van der Waals surface area contributed by atoms with E-state index in [1.165, 1.54) is 5.69 Å². The molecule has 3 aromatic carbocycles. The largest absolute Gasteiger partial charge is 0.497 e. The van der Waals surface area contributed by atoms with Crippen LogP contribution in [0.15, 0.2) is 85.1 Å². The van der Waals surface area contributed by atoms with Gasteiger partial charge in [0.05, 0.1) is 32.4 Å². The lowest BCUT2D eigenvalue weighted by molar-refractivity contribution is -0.115. The van der Waals surface area contributed by atoms with Gasteiger partial charge in [0.25, 0.3) is 0 Å². The maximum Gasteiger partial charge on any atom is 0.228 e. The molecule has 0 atom stereocenters. The number of carbonyl (C=O) groups is 1. The van der Waals surface area contributed by atoms with Gasteiger partial charge in [-0.25, -0.2) is 9.97 Å². The van der Waals surface area contributed by atoms with Crippen LogP contribution < -0.4 is 20.3 Å². The highest BCUT2D eigenvalue weighted by atomic mass is 16.5. The van der Waals surface area contributed by atoms with Gasteiger partial charge in [0, 0.05) is 41.9 Å². The molecule has 1 saturated heterocycles. The molecule has 0 radical (unpaired) electrons. The quantitative estimate of drug-likeness (QED) is 0.359. The summed E-state index contributed by atoms with van der Waals surface area (Å²) >= 11 is 0. The first-order chi connectivity index (χ1) is 18.2. The van der Waals surface area contributed by atoms with Crippen LogP contribution in [0.2, 0.25) is 0 Å². The summed E-state index contributed by atoms with van der Waals surface area (Å²) in [6.45, 7) is 3.33. The van der Waals surface area contributed by atoms with E-state index in [2.05, 4.69) is 37.6 Å². The van der Waals surface area contributed by atoms with Crippen molar-refractivity contribution in [3.63, 3.8) is 0 Å². The molecule has 0 bridgehead atoms. The molecule has 4 aromatic rings. The van der Waals surface area contributed by atoms with E-state index in [1.807, 2.05) is 66.7 Å². The van der Waals surface area contributed by atoms with Gasteiger partial charge in [0.15, 0.2) is 0 Å². The Morgan fingerprint density at radius 1 is 0.973 bits per heavy atom. The normalized spacial score (nSPS) is 13.2. The van der Waals surface area contributed by atoms with Gasteiger partial charge in [-0.3, -0.25) is 4.79 Å². The Hall–Kier alpha value is -4.43. The maximum atomic E-state index is 12.5. The summed E-state index contributed by atoms with van der Waals surface area (Å²) in [5.74, 6) is 1.17. The monoisotopic (exact) mass is 495 g/mol. The molecule has 188 valence electrons. The molecule has 2 N–H and O–H groups in total. The van der Waals surface area contributed by atoms with Gasteiger partial charge >= 0.3 is 0 Å². The fourth-order valence-corrected chi connectivity index (χ4v) is 4.18. The van der Waals surface area contributed by atoms with E-state index in [1.54, 1.807) is 13.3 Å². The Morgan fingerprint density at radius 3 is 2.49 bits per heavy atom. The number of anilines is 4. The summed E-state index contributed by atoms with van der Waals surface area (Å²) in [5.41, 5.74) is 5.44. The van der Waals surface area contributed by atoms with Gasteiger partial charge < -0.3 is 25.0 Å². The van der Waals surface area contributed by atoms with Crippen molar-refractivity contribution in [2.45, 2.75) is 6.42 Å². The van der Waals surface area contributed by atoms with E-state index >= 15 is 0 Å². The first-order valence-corrected chi connectivity index (χ1v) is 12.2. The summed E-state index contributed by atoms with van der Waals surface area (Å²) in [6.07, 6.45) is 2.00. The van der Waals surface area contributed by atoms with Crippen molar-refractivity contribution in [3.05, 3.63) is 90.6 Å². The van der Waals surface area contributed by atoms with Gasteiger partial charge in [0.1, 0.15) is 5.75 Å². The van der Waals surface area contributed by atoms with Gasteiger partial charge in [0.2, 0.25) is 11.9 Å². The number of hydrogen-bond donors (Lipinski definition) is 2. The number of morpholine rings is 1. The third-order valence-electron chi connectivity index (χ3n) is 6.12. The van der Waals surface area contributed by atoms with Gasteiger partial charge in [-0.05, 0) is 60.2 Å². The van der Waals surface area contributed by atoms with E-state index in [0.717, 1.165) is 60.2 Å². The molecule has 1 fully saturated rings. The number of ether oxygens (including phenoxy) is 2. The second kappa shape index (κ2) is 11.5. The summed E-state index contributed by atoms with van der Waals surface area (Å²) in [5, 5.41) is 6.23. The first kappa shape index (κ1) is 24.3. The van der Waals surface area contributed by atoms with E-state index in [0.29, 0.717) is 5.95 Å². The number of rotatable bonds is 8. The third kappa shape index (κ3) is 6.42. The average molecular weight is 496 g/mol. The van der Waals surface area contributed by atoms with Gasteiger partial charge in [-0.15, -0.1) is 0 Å². The number of methoxy groups -OCH3 is 1.